The number of hydrogen-bond acceptors (Lipinski definition) is 4. The van der Waals surface area contributed by atoms with Crippen molar-refractivity contribution in [3.63, 3.8) is 0 Å². The number of anilines is 1. The third kappa shape index (κ3) is 2.81. The SMILES string of the molecule is O=C(Nc1cc(-c2cccs2)nn1CCO)C1CC2CCC1C2. The normalized spacial score (nSPS) is 25.9. The molecular weight excluding hydrogens is 310 g/mol. The molecule has 23 heavy (non-hydrogen) atoms. The highest BCUT2D eigenvalue weighted by atomic mass is 32.1. The second kappa shape index (κ2) is 6.09. The molecule has 2 aliphatic carbocycles. The molecule has 0 radical (unpaired) electrons. The number of aromatic nitrogens is 2. The van der Waals surface area contributed by atoms with E-state index in [0.717, 1.165) is 22.9 Å². The highest BCUT2D eigenvalue weighted by molar-refractivity contribution is 7.13. The molecule has 0 aliphatic heterocycles. The van der Waals surface area contributed by atoms with Gasteiger partial charge in [0.25, 0.3) is 0 Å². The van der Waals surface area contributed by atoms with Crippen molar-refractivity contribution in [1.29, 1.82) is 0 Å². The van der Waals surface area contributed by atoms with E-state index in [0.29, 0.717) is 18.3 Å². The quantitative estimate of drug-likeness (QED) is 0.885. The van der Waals surface area contributed by atoms with Gasteiger partial charge in [-0.25, -0.2) is 4.68 Å². The lowest BCUT2D eigenvalue weighted by molar-refractivity contribution is -0.121. The molecule has 3 atom stereocenters. The Morgan fingerprint density at radius 2 is 2.35 bits per heavy atom. The summed E-state index contributed by atoms with van der Waals surface area (Å²) in [5.74, 6) is 2.27. The van der Waals surface area contributed by atoms with Crippen LogP contribution < -0.4 is 5.32 Å². The molecule has 5 nitrogen and oxygen atoms in total. The second-order valence-corrected chi connectivity index (χ2v) is 7.56. The standard InChI is InChI=1S/C17H21N3O2S/c21-6-5-20-16(10-14(19-20)15-2-1-7-23-15)18-17(22)13-9-11-3-4-12(13)8-11/h1-2,7,10-13,21H,3-6,8-9H2,(H,18,22). The van der Waals surface area contributed by atoms with E-state index in [-0.39, 0.29) is 18.4 Å². The van der Waals surface area contributed by atoms with Crippen LogP contribution in [0.1, 0.15) is 25.7 Å². The van der Waals surface area contributed by atoms with E-state index in [9.17, 15) is 9.90 Å². The molecule has 2 aromatic heterocycles. The molecule has 4 rings (SSSR count). The number of nitrogens with one attached hydrogen (secondary N) is 1. The number of carbonyl (C=O) groups excluding carboxylic acids is 1. The highest BCUT2D eigenvalue weighted by Gasteiger charge is 2.43. The number of aliphatic hydroxyl groups is 1. The Kier molecular flexibility index (Phi) is 3.95. The first-order valence-electron chi connectivity index (χ1n) is 8.28. The lowest BCUT2D eigenvalue weighted by atomic mass is 9.88. The minimum absolute atomic E-state index is 0.00254. The molecule has 2 aromatic rings. The third-order valence-electron chi connectivity index (χ3n) is 5.19. The van der Waals surface area contributed by atoms with Crippen LogP contribution in [0.4, 0.5) is 5.82 Å². The summed E-state index contributed by atoms with van der Waals surface area (Å²) in [5, 5.41) is 18.8. The molecule has 2 aliphatic rings. The van der Waals surface area contributed by atoms with Crippen LogP contribution in [-0.2, 0) is 11.3 Å². The van der Waals surface area contributed by atoms with E-state index in [4.69, 9.17) is 0 Å². The van der Waals surface area contributed by atoms with Gasteiger partial charge in [0.1, 0.15) is 11.5 Å². The predicted molar refractivity (Wildman–Crippen MR) is 90.2 cm³/mol. The number of nitrogens with zero attached hydrogens (tertiary/aromatic N) is 2. The Hall–Kier alpha value is -1.66. The van der Waals surface area contributed by atoms with E-state index in [1.165, 1.54) is 19.3 Å². The van der Waals surface area contributed by atoms with E-state index < -0.39 is 0 Å². The Morgan fingerprint density at radius 1 is 1.43 bits per heavy atom. The maximum Gasteiger partial charge on any atom is 0.228 e. The Bertz CT molecular complexity index is 695. The van der Waals surface area contributed by atoms with Gasteiger partial charge in [-0.05, 0) is 42.5 Å². The molecule has 122 valence electrons. The monoisotopic (exact) mass is 331 g/mol. The fraction of sp³-hybridized carbons (Fsp3) is 0.529. The average Bonchev–Trinajstić information content (AvgIpc) is 3.32. The number of hydrogen-bond donors (Lipinski definition) is 2. The van der Waals surface area contributed by atoms with Crippen LogP contribution in [-0.4, -0.2) is 27.4 Å². The van der Waals surface area contributed by atoms with E-state index in [2.05, 4.69) is 10.4 Å². The smallest absolute Gasteiger partial charge is 0.228 e. The van der Waals surface area contributed by atoms with Crippen molar-refractivity contribution >= 4 is 23.1 Å². The zero-order valence-corrected chi connectivity index (χ0v) is 13.8. The number of carbonyl (C=O) groups is 1. The largest absolute Gasteiger partial charge is 0.394 e. The lowest BCUT2D eigenvalue weighted by Crippen LogP contribution is -2.28. The highest BCUT2D eigenvalue weighted by Crippen LogP contribution is 2.48. The van der Waals surface area contributed by atoms with Gasteiger partial charge in [-0.15, -0.1) is 11.3 Å². The minimum Gasteiger partial charge on any atom is -0.394 e. The van der Waals surface area contributed by atoms with Crippen molar-refractivity contribution in [2.24, 2.45) is 17.8 Å². The van der Waals surface area contributed by atoms with Gasteiger partial charge in [0, 0.05) is 12.0 Å². The lowest BCUT2D eigenvalue weighted by Gasteiger charge is -2.20. The topological polar surface area (TPSA) is 67.2 Å². The van der Waals surface area contributed by atoms with Gasteiger partial charge < -0.3 is 10.4 Å². The first-order valence-corrected chi connectivity index (χ1v) is 9.16. The molecule has 2 N–H and O–H groups in total. The molecule has 0 spiro atoms. The van der Waals surface area contributed by atoms with Crippen molar-refractivity contribution in [2.75, 3.05) is 11.9 Å². The van der Waals surface area contributed by atoms with E-state index in [1.807, 2.05) is 23.6 Å². The van der Waals surface area contributed by atoms with Crippen molar-refractivity contribution < 1.29 is 9.90 Å². The predicted octanol–water partition coefficient (Wildman–Crippen LogP) is 2.98. The van der Waals surface area contributed by atoms with Crippen LogP contribution >= 0.6 is 11.3 Å². The maximum atomic E-state index is 12.6. The van der Waals surface area contributed by atoms with Gasteiger partial charge in [-0.1, -0.05) is 12.5 Å². The van der Waals surface area contributed by atoms with E-state index >= 15 is 0 Å². The number of fused-ring (bicyclic) bond motifs is 2. The molecule has 6 heteroatoms. The first-order chi connectivity index (χ1) is 11.2. The minimum atomic E-state index is 0.00254. The van der Waals surface area contributed by atoms with Crippen LogP contribution in [0.5, 0.6) is 0 Å². The Labute approximate surface area is 139 Å². The third-order valence-corrected chi connectivity index (χ3v) is 6.08. The molecule has 3 unspecified atom stereocenters. The van der Waals surface area contributed by atoms with Gasteiger partial charge in [-0.2, -0.15) is 5.10 Å². The summed E-state index contributed by atoms with van der Waals surface area (Å²) < 4.78 is 1.69. The van der Waals surface area contributed by atoms with Crippen LogP contribution in [0, 0.1) is 17.8 Å². The van der Waals surface area contributed by atoms with Crippen molar-refractivity contribution in [2.45, 2.75) is 32.2 Å². The molecule has 2 saturated carbocycles. The average molecular weight is 331 g/mol. The maximum absolute atomic E-state index is 12.6. The zero-order chi connectivity index (χ0) is 15.8. The molecule has 2 heterocycles. The summed E-state index contributed by atoms with van der Waals surface area (Å²) in [5.41, 5.74) is 0.844. The molecule has 0 saturated heterocycles. The molecule has 2 fully saturated rings. The number of thiophene rings is 1. The van der Waals surface area contributed by atoms with Crippen molar-refractivity contribution in [3.05, 3.63) is 23.6 Å². The molecule has 2 bridgehead atoms. The van der Waals surface area contributed by atoms with Gasteiger partial charge in [0.05, 0.1) is 18.0 Å². The summed E-state index contributed by atoms with van der Waals surface area (Å²) in [7, 11) is 0. The second-order valence-electron chi connectivity index (χ2n) is 6.61. The number of rotatable bonds is 5. The van der Waals surface area contributed by atoms with Crippen LogP contribution in [0.25, 0.3) is 10.6 Å². The Morgan fingerprint density at radius 3 is 3.00 bits per heavy atom. The molecular formula is C17H21N3O2S. The van der Waals surface area contributed by atoms with Gasteiger partial charge in [0.2, 0.25) is 5.91 Å². The van der Waals surface area contributed by atoms with Gasteiger partial charge in [-0.3, -0.25) is 4.79 Å². The fourth-order valence-electron chi connectivity index (χ4n) is 4.11. The number of aliphatic hydroxyl groups excluding tert-OH is 1. The summed E-state index contributed by atoms with van der Waals surface area (Å²) in [4.78, 5) is 13.7. The Balaban J connectivity index is 1.54. The van der Waals surface area contributed by atoms with Crippen molar-refractivity contribution in [3.8, 4) is 10.6 Å². The van der Waals surface area contributed by atoms with Crippen LogP contribution in [0.3, 0.4) is 0 Å². The first kappa shape index (κ1) is 14.9. The molecule has 1 amide bonds. The summed E-state index contributed by atoms with van der Waals surface area (Å²) in [6, 6.07) is 5.91. The summed E-state index contributed by atoms with van der Waals surface area (Å²) in [6.45, 7) is 0.389. The van der Waals surface area contributed by atoms with Gasteiger partial charge in [0.15, 0.2) is 0 Å². The molecule has 0 aromatic carbocycles. The number of amides is 1. The van der Waals surface area contributed by atoms with E-state index in [1.54, 1.807) is 16.0 Å². The van der Waals surface area contributed by atoms with Crippen LogP contribution in [0.2, 0.25) is 0 Å². The van der Waals surface area contributed by atoms with Crippen molar-refractivity contribution in [1.82, 2.24) is 9.78 Å². The summed E-state index contributed by atoms with van der Waals surface area (Å²) in [6.07, 6.45) is 4.73. The van der Waals surface area contributed by atoms with Crippen LogP contribution in [0.15, 0.2) is 23.6 Å². The summed E-state index contributed by atoms with van der Waals surface area (Å²) >= 11 is 1.62. The zero-order valence-electron chi connectivity index (χ0n) is 12.9. The van der Waals surface area contributed by atoms with Gasteiger partial charge >= 0.3 is 0 Å². The fourth-order valence-corrected chi connectivity index (χ4v) is 4.79.